The predicted molar refractivity (Wildman–Crippen MR) is 59.1 cm³/mol. The quantitative estimate of drug-likeness (QED) is 0.613. The summed E-state index contributed by atoms with van der Waals surface area (Å²) < 4.78 is 0. The molecule has 0 spiro atoms. The molecule has 7 nitrogen and oxygen atoms in total. The van der Waals surface area contributed by atoms with Gasteiger partial charge in [-0.1, -0.05) is 0 Å². The number of hydrogen-bond donors (Lipinski definition) is 2. The maximum atomic E-state index is 10.9. The summed E-state index contributed by atoms with van der Waals surface area (Å²) in [7, 11) is 0. The Kier molecular flexibility index (Phi) is 3.42. The van der Waals surface area contributed by atoms with Crippen LogP contribution in [0.15, 0.2) is 12.1 Å². The SMILES string of the molecule is CC(=O)Nc1cc(C)c([N+](=O)[O-])cc1C(=O)O. The number of carboxylic acids is 1. The molecule has 1 amide bonds. The molecule has 0 atom stereocenters. The molecule has 0 bridgehead atoms. The van der Waals surface area contributed by atoms with Crippen LogP contribution in [-0.2, 0) is 4.79 Å². The molecular weight excluding hydrogens is 228 g/mol. The number of aryl methyl sites for hydroxylation is 1. The van der Waals surface area contributed by atoms with Gasteiger partial charge in [0.15, 0.2) is 0 Å². The zero-order valence-electron chi connectivity index (χ0n) is 9.18. The van der Waals surface area contributed by atoms with Crippen LogP contribution in [0.5, 0.6) is 0 Å². The maximum absolute atomic E-state index is 10.9. The van der Waals surface area contributed by atoms with Crippen LogP contribution in [-0.4, -0.2) is 21.9 Å². The van der Waals surface area contributed by atoms with Crippen molar-refractivity contribution in [1.29, 1.82) is 0 Å². The molecule has 0 saturated carbocycles. The van der Waals surface area contributed by atoms with Crippen molar-refractivity contribution in [2.45, 2.75) is 13.8 Å². The van der Waals surface area contributed by atoms with E-state index in [2.05, 4.69) is 5.32 Å². The van der Waals surface area contributed by atoms with Gasteiger partial charge in [-0.3, -0.25) is 14.9 Å². The number of anilines is 1. The third-order valence-corrected chi connectivity index (χ3v) is 2.07. The molecule has 1 rings (SSSR count). The fourth-order valence-corrected chi connectivity index (χ4v) is 1.36. The van der Waals surface area contributed by atoms with Gasteiger partial charge in [0.1, 0.15) is 0 Å². The van der Waals surface area contributed by atoms with Gasteiger partial charge in [0.2, 0.25) is 5.91 Å². The lowest BCUT2D eigenvalue weighted by Gasteiger charge is -2.08. The summed E-state index contributed by atoms with van der Waals surface area (Å²) in [6.07, 6.45) is 0. The van der Waals surface area contributed by atoms with Crippen molar-refractivity contribution in [2.24, 2.45) is 0 Å². The number of nitrogens with one attached hydrogen (secondary N) is 1. The Bertz CT molecular complexity index is 510. The second-order valence-electron chi connectivity index (χ2n) is 3.43. The molecule has 0 aliphatic heterocycles. The standard InChI is InChI=1S/C10H10N2O5/c1-5-3-8(11-6(2)13)7(10(14)15)4-9(5)12(16)17/h3-4H,1-2H3,(H,11,13)(H,14,15). The van der Waals surface area contributed by atoms with Crippen LogP contribution in [0.3, 0.4) is 0 Å². The lowest BCUT2D eigenvalue weighted by molar-refractivity contribution is -0.385. The second kappa shape index (κ2) is 4.60. The molecule has 0 saturated heterocycles. The van der Waals surface area contributed by atoms with E-state index in [1.807, 2.05) is 0 Å². The minimum absolute atomic E-state index is 0.0492. The van der Waals surface area contributed by atoms with Crippen molar-refractivity contribution in [1.82, 2.24) is 0 Å². The van der Waals surface area contributed by atoms with Crippen LogP contribution in [0.25, 0.3) is 0 Å². The van der Waals surface area contributed by atoms with Gasteiger partial charge in [0, 0.05) is 18.6 Å². The lowest BCUT2D eigenvalue weighted by Crippen LogP contribution is -2.11. The summed E-state index contributed by atoms with van der Waals surface area (Å²) in [6, 6.07) is 2.20. The molecule has 0 aliphatic rings. The zero-order chi connectivity index (χ0) is 13.2. The number of carbonyl (C=O) groups excluding carboxylic acids is 1. The number of rotatable bonds is 3. The molecule has 0 aliphatic carbocycles. The molecule has 90 valence electrons. The van der Waals surface area contributed by atoms with Gasteiger partial charge >= 0.3 is 5.97 Å². The molecule has 7 heteroatoms. The summed E-state index contributed by atoms with van der Waals surface area (Å²) in [5.74, 6) is -1.78. The first-order chi connectivity index (χ1) is 7.82. The topological polar surface area (TPSA) is 110 Å². The number of hydrogen-bond acceptors (Lipinski definition) is 4. The van der Waals surface area contributed by atoms with E-state index in [0.29, 0.717) is 0 Å². The smallest absolute Gasteiger partial charge is 0.338 e. The van der Waals surface area contributed by atoms with Crippen molar-refractivity contribution >= 4 is 23.3 Å². The van der Waals surface area contributed by atoms with Crippen LogP contribution in [0.2, 0.25) is 0 Å². The van der Waals surface area contributed by atoms with E-state index in [4.69, 9.17) is 5.11 Å². The Hall–Kier alpha value is -2.44. The fourth-order valence-electron chi connectivity index (χ4n) is 1.36. The van der Waals surface area contributed by atoms with E-state index in [9.17, 15) is 19.7 Å². The van der Waals surface area contributed by atoms with Crippen molar-refractivity contribution < 1.29 is 19.6 Å². The van der Waals surface area contributed by atoms with Gasteiger partial charge in [-0.25, -0.2) is 4.79 Å². The van der Waals surface area contributed by atoms with Crippen LogP contribution in [0.1, 0.15) is 22.8 Å². The Labute approximate surface area is 96.2 Å². The highest BCUT2D eigenvalue weighted by Gasteiger charge is 2.19. The van der Waals surface area contributed by atoms with E-state index in [1.165, 1.54) is 19.9 Å². The van der Waals surface area contributed by atoms with Gasteiger partial charge < -0.3 is 10.4 Å². The van der Waals surface area contributed by atoms with Crippen LogP contribution < -0.4 is 5.32 Å². The molecule has 1 aromatic rings. The monoisotopic (exact) mass is 238 g/mol. The molecule has 0 aromatic heterocycles. The highest BCUT2D eigenvalue weighted by molar-refractivity contribution is 6.00. The second-order valence-corrected chi connectivity index (χ2v) is 3.43. The summed E-state index contributed by atoms with van der Waals surface area (Å²) in [4.78, 5) is 31.8. The number of nitrogens with zero attached hydrogens (tertiary/aromatic N) is 1. The fraction of sp³-hybridized carbons (Fsp3) is 0.200. The largest absolute Gasteiger partial charge is 0.478 e. The minimum Gasteiger partial charge on any atom is -0.478 e. The third kappa shape index (κ3) is 2.77. The number of nitro groups is 1. The Balaban J connectivity index is 3.40. The van der Waals surface area contributed by atoms with Crippen molar-refractivity contribution in [3.63, 3.8) is 0 Å². The number of nitro benzene ring substituents is 1. The summed E-state index contributed by atoms with van der Waals surface area (Å²) >= 11 is 0. The third-order valence-electron chi connectivity index (χ3n) is 2.07. The first-order valence-corrected chi connectivity index (χ1v) is 4.63. The highest BCUT2D eigenvalue weighted by atomic mass is 16.6. The predicted octanol–water partition coefficient (Wildman–Crippen LogP) is 1.56. The number of amides is 1. The number of carboxylic acid groups (broad SMARTS) is 1. The summed E-state index contributed by atoms with van der Waals surface area (Å²) in [6.45, 7) is 2.69. The molecule has 0 fully saturated rings. The molecule has 17 heavy (non-hydrogen) atoms. The van der Waals surface area contributed by atoms with Gasteiger partial charge in [-0.2, -0.15) is 0 Å². The normalized spacial score (nSPS) is 9.76. The first-order valence-electron chi connectivity index (χ1n) is 4.63. The number of aromatic carboxylic acids is 1. The molecule has 1 aromatic carbocycles. The van der Waals surface area contributed by atoms with Gasteiger partial charge in [-0.15, -0.1) is 0 Å². The van der Waals surface area contributed by atoms with Crippen LogP contribution >= 0.6 is 0 Å². The van der Waals surface area contributed by atoms with Crippen molar-refractivity contribution in [3.05, 3.63) is 33.4 Å². The van der Waals surface area contributed by atoms with E-state index in [-0.39, 0.29) is 22.5 Å². The van der Waals surface area contributed by atoms with Crippen LogP contribution in [0, 0.1) is 17.0 Å². The average Bonchev–Trinajstić information content (AvgIpc) is 2.15. The molecule has 0 radical (unpaired) electrons. The Morgan fingerprint density at radius 3 is 2.41 bits per heavy atom. The zero-order valence-corrected chi connectivity index (χ0v) is 9.18. The van der Waals surface area contributed by atoms with Gasteiger partial charge in [-0.05, 0) is 13.0 Å². The first kappa shape index (κ1) is 12.6. The minimum atomic E-state index is -1.34. The van der Waals surface area contributed by atoms with Crippen molar-refractivity contribution in [2.75, 3.05) is 5.32 Å². The van der Waals surface area contributed by atoms with Crippen LogP contribution in [0.4, 0.5) is 11.4 Å². The molecular formula is C10H10N2O5. The Morgan fingerprint density at radius 2 is 2.00 bits per heavy atom. The average molecular weight is 238 g/mol. The molecule has 0 unspecified atom stereocenters. The van der Waals surface area contributed by atoms with E-state index in [0.717, 1.165) is 6.07 Å². The van der Waals surface area contributed by atoms with Crippen molar-refractivity contribution in [3.8, 4) is 0 Å². The summed E-state index contributed by atoms with van der Waals surface area (Å²) in [5, 5.41) is 21.9. The highest BCUT2D eigenvalue weighted by Crippen LogP contribution is 2.26. The van der Waals surface area contributed by atoms with Gasteiger partial charge in [0.05, 0.1) is 16.2 Å². The number of carbonyl (C=O) groups is 2. The van der Waals surface area contributed by atoms with E-state index >= 15 is 0 Å². The van der Waals surface area contributed by atoms with Gasteiger partial charge in [0.25, 0.3) is 5.69 Å². The number of benzene rings is 1. The molecule has 0 heterocycles. The molecule has 2 N–H and O–H groups in total. The summed E-state index contributed by atoms with van der Waals surface area (Å²) in [5.41, 5.74) is -0.272. The van der Waals surface area contributed by atoms with E-state index in [1.54, 1.807) is 0 Å². The maximum Gasteiger partial charge on any atom is 0.338 e. The van der Waals surface area contributed by atoms with E-state index < -0.39 is 16.8 Å². The lowest BCUT2D eigenvalue weighted by atomic mass is 10.1. The Morgan fingerprint density at radius 1 is 1.41 bits per heavy atom.